The predicted octanol–water partition coefficient (Wildman–Crippen LogP) is 7.83. The summed E-state index contributed by atoms with van der Waals surface area (Å²) in [5, 5.41) is 0. The fraction of sp³-hybridized carbons (Fsp3) is 0.258. The third kappa shape index (κ3) is 5.05. The van der Waals surface area contributed by atoms with Gasteiger partial charge >= 0.3 is 0 Å². The first-order valence-electron chi connectivity index (χ1n) is 12.3. The van der Waals surface area contributed by atoms with E-state index in [4.69, 9.17) is 12.6 Å². The van der Waals surface area contributed by atoms with Gasteiger partial charge in [0.2, 0.25) is 0 Å². The molecule has 0 radical (unpaired) electrons. The summed E-state index contributed by atoms with van der Waals surface area (Å²) in [5.41, 5.74) is 10.7. The van der Waals surface area contributed by atoms with Crippen molar-refractivity contribution in [2.75, 3.05) is 6.54 Å². The van der Waals surface area contributed by atoms with E-state index in [1.54, 1.807) is 0 Å². The molecule has 2 aliphatic heterocycles. The van der Waals surface area contributed by atoms with Crippen LogP contribution in [0.15, 0.2) is 94.9 Å². The van der Waals surface area contributed by atoms with Crippen LogP contribution in [0, 0.1) is 6.92 Å². The predicted molar refractivity (Wildman–Crippen MR) is 147 cm³/mol. The first-order chi connectivity index (χ1) is 16.7. The number of aryl methyl sites for hydroxylation is 2. The van der Waals surface area contributed by atoms with Crippen LogP contribution in [0.4, 0.5) is 0 Å². The summed E-state index contributed by atoms with van der Waals surface area (Å²) < 4.78 is 2.42. The van der Waals surface area contributed by atoms with Gasteiger partial charge in [0.05, 0.1) is 0 Å². The van der Waals surface area contributed by atoms with Crippen molar-refractivity contribution in [3.05, 3.63) is 102 Å². The Morgan fingerprint density at radius 1 is 0.853 bits per heavy atom. The van der Waals surface area contributed by atoms with Gasteiger partial charge in [0.1, 0.15) is 0 Å². The van der Waals surface area contributed by atoms with E-state index in [9.17, 15) is 0 Å². The summed E-state index contributed by atoms with van der Waals surface area (Å²) in [4.78, 5) is 5.50. The van der Waals surface area contributed by atoms with E-state index in [0.29, 0.717) is 0 Å². The molecule has 2 nitrogen and oxygen atoms in total. The molecule has 172 valence electrons. The van der Waals surface area contributed by atoms with Gasteiger partial charge < -0.3 is 4.57 Å². The third-order valence-corrected chi connectivity index (χ3v) is 7.09. The molecule has 0 amide bonds. The molecule has 3 heteroatoms. The quantitative estimate of drug-likeness (QED) is 0.297. The largest absolute Gasteiger partial charge is 0.350 e. The highest BCUT2D eigenvalue weighted by atomic mass is 32.1. The fourth-order valence-corrected chi connectivity index (χ4v) is 5.46. The Kier molecular flexibility index (Phi) is 7.01. The van der Waals surface area contributed by atoms with Crippen LogP contribution in [0.5, 0.6) is 0 Å². The first-order valence-corrected chi connectivity index (χ1v) is 12.8. The zero-order valence-corrected chi connectivity index (χ0v) is 20.8. The molecule has 0 saturated carbocycles. The summed E-state index contributed by atoms with van der Waals surface area (Å²) in [6.07, 6.45) is 8.24. The molecule has 6 rings (SSSR count). The summed E-state index contributed by atoms with van der Waals surface area (Å²) in [6, 6.07) is 27.8. The highest BCUT2D eigenvalue weighted by molar-refractivity contribution is 7.80. The van der Waals surface area contributed by atoms with Crippen molar-refractivity contribution in [1.29, 1.82) is 0 Å². The van der Waals surface area contributed by atoms with E-state index in [0.717, 1.165) is 30.8 Å². The molecule has 0 aliphatic carbocycles. The minimum absolute atomic E-state index is 1.04. The topological polar surface area (TPSA) is 17.3 Å². The molecule has 0 unspecified atom stereocenters. The maximum atomic E-state index is 4.72. The molecule has 0 fully saturated rings. The number of nitrogens with zero attached hydrogens (tertiary/aromatic N) is 2. The maximum absolute atomic E-state index is 4.72. The van der Waals surface area contributed by atoms with Crippen molar-refractivity contribution in [3.63, 3.8) is 0 Å². The van der Waals surface area contributed by atoms with Crippen molar-refractivity contribution >= 4 is 18.3 Å². The van der Waals surface area contributed by atoms with Crippen LogP contribution in [-0.4, -0.2) is 16.8 Å². The van der Waals surface area contributed by atoms with E-state index >= 15 is 0 Å². The standard InChI is InChI=1S/C20H19NS.C11H13N/c1-14-9-10-16(19(22)12-14)17-13-21-11-5-8-18(21)20(17)15-6-3-2-4-7-15;1-2-5-10(6-3-1)9-11-7-4-8-12-11/h2-4,6-7,9-10,12-13,22H,5,8,11H2,1H3;1-3,5-6H,4,7-9H2. The second kappa shape index (κ2) is 10.5. The fourth-order valence-electron chi connectivity index (χ4n) is 5.06. The van der Waals surface area contributed by atoms with Crippen LogP contribution in [0.3, 0.4) is 0 Å². The zero-order chi connectivity index (χ0) is 23.3. The van der Waals surface area contributed by atoms with Gasteiger partial charge in [-0.2, -0.15) is 0 Å². The van der Waals surface area contributed by atoms with Gasteiger partial charge in [0.25, 0.3) is 0 Å². The second-order valence-corrected chi connectivity index (χ2v) is 9.74. The molecular formula is C31H32N2S. The van der Waals surface area contributed by atoms with Crippen molar-refractivity contribution in [1.82, 2.24) is 4.57 Å². The van der Waals surface area contributed by atoms with Crippen LogP contribution in [-0.2, 0) is 19.4 Å². The van der Waals surface area contributed by atoms with Gasteiger partial charge in [-0.25, -0.2) is 0 Å². The molecule has 0 bridgehead atoms. The minimum atomic E-state index is 1.04. The highest BCUT2D eigenvalue weighted by Crippen LogP contribution is 2.41. The lowest BCUT2D eigenvalue weighted by Crippen LogP contribution is -1.97. The van der Waals surface area contributed by atoms with Gasteiger partial charge in [-0.3, -0.25) is 4.99 Å². The number of hydrogen-bond acceptors (Lipinski definition) is 2. The van der Waals surface area contributed by atoms with Gasteiger partial charge in [-0.05, 0) is 60.9 Å². The van der Waals surface area contributed by atoms with Crippen molar-refractivity contribution in [3.8, 4) is 22.3 Å². The lowest BCUT2D eigenvalue weighted by molar-refractivity contribution is 0.751. The number of aliphatic imine (C=N–C) groups is 1. The van der Waals surface area contributed by atoms with Crippen LogP contribution >= 0.6 is 12.6 Å². The number of thiol groups is 1. The van der Waals surface area contributed by atoms with E-state index in [-0.39, 0.29) is 0 Å². The molecule has 3 aromatic carbocycles. The molecule has 0 N–H and O–H groups in total. The van der Waals surface area contributed by atoms with Crippen molar-refractivity contribution in [2.45, 2.75) is 50.5 Å². The summed E-state index contributed by atoms with van der Waals surface area (Å²) >= 11 is 4.72. The average Bonchev–Trinajstić information content (AvgIpc) is 3.59. The minimum Gasteiger partial charge on any atom is -0.350 e. The molecule has 3 heterocycles. The smallest absolute Gasteiger partial charge is 0.0392 e. The third-order valence-electron chi connectivity index (χ3n) is 6.72. The van der Waals surface area contributed by atoms with Crippen LogP contribution in [0.25, 0.3) is 22.3 Å². The molecule has 4 aromatic rings. The van der Waals surface area contributed by atoms with Crippen LogP contribution in [0.1, 0.15) is 36.1 Å². The maximum Gasteiger partial charge on any atom is 0.0392 e. The van der Waals surface area contributed by atoms with E-state index in [1.807, 2.05) is 0 Å². The highest BCUT2D eigenvalue weighted by Gasteiger charge is 2.22. The summed E-state index contributed by atoms with van der Waals surface area (Å²) in [5.74, 6) is 0. The Bertz CT molecular complexity index is 1290. The van der Waals surface area contributed by atoms with Crippen LogP contribution < -0.4 is 0 Å². The molecular weight excluding hydrogens is 432 g/mol. The van der Waals surface area contributed by atoms with Gasteiger partial charge in [0.15, 0.2) is 0 Å². The van der Waals surface area contributed by atoms with E-state index in [1.165, 1.54) is 64.0 Å². The summed E-state index contributed by atoms with van der Waals surface area (Å²) in [7, 11) is 0. The number of aromatic nitrogens is 1. The second-order valence-electron chi connectivity index (χ2n) is 9.26. The molecule has 2 aliphatic rings. The Hall–Kier alpha value is -3.04. The normalized spacial score (nSPS) is 14.4. The van der Waals surface area contributed by atoms with Crippen molar-refractivity contribution < 1.29 is 0 Å². The first kappa shape index (κ1) is 22.7. The number of benzene rings is 3. The molecule has 1 aromatic heterocycles. The number of rotatable bonds is 4. The van der Waals surface area contributed by atoms with Crippen molar-refractivity contribution in [2.24, 2.45) is 4.99 Å². The zero-order valence-electron chi connectivity index (χ0n) is 19.9. The molecule has 0 atom stereocenters. The van der Waals surface area contributed by atoms with Gasteiger partial charge in [-0.15, -0.1) is 12.6 Å². The van der Waals surface area contributed by atoms with E-state index < -0.39 is 0 Å². The SMILES string of the molecule is Cc1ccc(-c2cn3c(c2-c2ccccc2)CCC3)c(S)c1.c1ccc(CC2=NCCC2)cc1. The lowest BCUT2D eigenvalue weighted by Gasteiger charge is -2.10. The lowest BCUT2D eigenvalue weighted by atomic mass is 9.95. The monoisotopic (exact) mass is 464 g/mol. The average molecular weight is 465 g/mol. The molecule has 0 spiro atoms. The Morgan fingerprint density at radius 2 is 1.62 bits per heavy atom. The number of hydrogen-bond donors (Lipinski definition) is 1. The summed E-state index contributed by atoms with van der Waals surface area (Å²) in [6.45, 7) is 4.28. The Labute approximate surface area is 208 Å². The Morgan fingerprint density at radius 3 is 2.32 bits per heavy atom. The van der Waals surface area contributed by atoms with Gasteiger partial charge in [0, 0.05) is 53.1 Å². The van der Waals surface area contributed by atoms with Gasteiger partial charge in [-0.1, -0.05) is 72.8 Å². The van der Waals surface area contributed by atoms with Crippen LogP contribution in [0.2, 0.25) is 0 Å². The Balaban J connectivity index is 0.000000169. The van der Waals surface area contributed by atoms with E-state index in [2.05, 4.69) is 102 Å². The number of fused-ring (bicyclic) bond motifs is 1. The molecule has 0 saturated heterocycles. The molecule has 34 heavy (non-hydrogen) atoms.